The van der Waals surface area contributed by atoms with Crippen molar-refractivity contribution in [1.82, 2.24) is 4.90 Å². The molecule has 0 aliphatic carbocycles. The minimum absolute atomic E-state index is 0.0855. The number of thioether (sulfide) groups is 1. The van der Waals surface area contributed by atoms with Crippen molar-refractivity contribution in [2.24, 2.45) is 21.6 Å². The second-order valence-electron chi connectivity index (χ2n) is 6.24. The maximum atomic E-state index is 12.5. The van der Waals surface area contributed by atoms with Gasteiger partial charge in [0.15, 0.2) is 5.25 Å². The molecule has 0 aromatic heterocycles. The van der Waals surface area contributed by atoms with Crippen molar-refractivity contribution in [3.8, 4) is 0 Å². The highest BCUT2D eigenvalue weighted by atomic mass is 32.2. The molecular formula is C15H22N4O4S. The maximum Gasteiger partial charge on any atom is 0.290 e. The molecule has 2 saturated heterocycles. The van der Waals surface area contributed by atoms with E-state index in [9.17, 15) is 14.7 Å². The van der Waals surface area contributed by atoms with Crippen molar-refractivity contribution in [1.29, 1.82) is 0 Å². The van der Waals surface area contributed by atoms with Gasteiger partial charge in [-0.1, -0.05) is 20.3 Å². The van der Waals surface area contributed by atoms with Crippen molar-refractivity contribution in [2.75, 3.05) is 0 Å². The summed E-state index contributed by atoms with van der Waals surface area (Å²) in [4.78, 5) is 33.7. The highest BCUT2D eigenvalue weighted by Crippen LogP contribution is 2.40. The van der Waals surface area contributed by atoms with Crippen LogP contribution in [0.2, 0.25) is 0 Å². The standard InChI is InChI=1S/C15H22N4O4S/c1-3-5-7-6-9(8(20)4-2)23-13(7)19-11-10(24-15(19)22)12(21)18-14(16)17-11/h7-10,13,20H,3-6H2,1-2H3,(H2,16,18,21)/t7-,8+,9+,10?,13-/m1/s1. The van der Waals surface area contributed by atoms with E-state index in [1.807, 2.05) is 6.92 Å². The molecule has 8 nitrogen and oxygen atoms in total. The fraction of sp³-hybridized carbons (Fsp3) is 0.733. The first-order chi connectivity index (χ1) is 11.5. The first-order valence-corrected chi connectivity index (χ1v) is 9.14. The molecular weight excluding hydrogens is 332 g/mol. The summed E-state index contributed by atoms with van der Waals surface area (Å²) in [6.45, 7) is 3.96. The van der Waals surface area contributed by atoms with Gasteiger partial charge in [0.05, 0.1) is 12.2 Å². The van der Waals surface area contributed by atoms with Gasteiger partial charge in [-0.3, -0.25) is 14.5 Å². The predicted molar refractivity (Wildman–Crippen MR) is 90.7 cm³/mol. The van der Waals surface area contributed by atoms with Gasteiger partial charge in [-0.15, -0.1) is 0 Å². The number of carbonyl (C=O) groups is 2. The van der Waals surface area contributed by atoms with Crippen LogP contribution in [0.25, 0.3) is 0 Å². The minimum Gasteiger partial charge on any atom is -0.390 e. The lowest BCUT2D eigenvalue weighted by Crippen LogP contribution is -2.47. The van der Waals surface area contributed by atoms with Crippen LogP contribution in [0, 0.1) is 5.92 Å². The Bertz CT molecular complexity index is 608. The van der Waals surface area contributed by atoms with Gasteiger partial charge in [-0.05, 0) is 31.0 Å². The summed E-state index contributed by atoms with van der Waals surface area (Å²) < 4.78 is 6.02. The quantitative estimate of drug-likeness (QED) is 0.763. The molecule has 24 heavy (non-hydrogen) atoms. The zero-order chi connectivity index (χ0) is 17.4. The Morgan fingerprint density at radius 2 is 2.17 bits per heavy atom. The molecule has 1 unspecified atom stereocenters. The van der Waals surface area contributed by atoms with Crippen LogP contribution in [0.1, 0.15) is 39.5 Å². The van der Waals surface area contributed by atoms with E-state index in [-0.39, 0.29) is 23.2 Å². The van der Waals surface area contributed by atoms with Crippen LogP contribution >= 0.6 is 11.8 Å². The van der Waals surface area contributed by atoms with Gasteiger partial charge in [0.1, 0.15) is 12.1 Å². The number of carbonyl (C=O) groups excluding carboxylic acids is 2. The van der Waals surface area contributed by atoms with Gasteiger partial charge in [0, 0.05) is 5.92 Å². The second-order valence-corrected chi connectivity index (χ2v) is 7.29. The summed E-state index contributed by atoms with van der Waals surface area (Å²) in [5.74, 6) is -0.210. The number of nitrogens with zero attached hydrogens (tertiary/aromatic N) is 3. The van der Waals surface area contributed by atoms with Crippen molar-refractivity contribution in [3.05, 3.63) is 0 Å². The number of hydrogen-bond acceptors (Lipinski definition) is 7. The number of nitrogens with two attached hydrogens (primary N) is 1. The Morgan fingerprint density at radius 3 is 2.83 bits per heavy atom. The number of aliphatic hydroxyl groups is 1. The van der Waals surface area contributed by atoms with Gasteiger partial charge < -0.3 is 15.6 Å². The summed E-state index contributed by atoms with van der Waals surface area (Å²) in [6.07, 6.45) is 1.64. The number of aliphatic imine (C=N–C) groups is 2. The van der Waals surface area contributed by atoms with E-state index in [1.54, 1.807) is 0 Å². The van der Waals surface area contributed by atoms with Crippen molar-refractivity contribution in [2.45, 2.75) is 63.2 Å². The molecule has 0 saturated carbocycles. The lowest BCUT2D eigenvalue weighted by molar-refractivity contribution is -0.116. The van der Waals surface area contributed by atoms with Crippen molar-refractivity contribution in [3.63, 3.8) is 0 Å². The van der Waals surface area contributed by atoms with Crippen LogP contribution in [0.4, 0.5) is 4.79 Å². The second kappa shape index (κ2) is 6.81. The van der Waals surface area contributed by atoms with Crippen LogP contribution < -0.4 is 5.73 Å². The summed E-state index contributed by atoms with van der Waals surface area (Å²) in [5.41, 5.74) is 5.59. The number of guanidine groups is 1. The van der Waals surface area contributed by atoms with Gasteiger partial charge in [0.2, 0.25) is 5.96 Å². The number of hydrogen-bond donors (Lipinski definition) is 2. The van der Waals surface area contributed by atoms with Crippen molar-refractivity contribution >= 4 is 34.7 Å². The molecule has 0 aromatic carbocycles. The van der Waals surface area contributed by atoms with Crippen LogP contribution in [-0.4, -0.2) is 56.6 Å². The number of aliphatic hydroxyl groups excluding tert-OH is 1. The van der Waals surface area contributed by atoms with Crippen LogP contribution in [0.15, 0.2) is 9.98 Å². The lowest BCUT2D eigenvalue weighted by Gasteiger charge is -2.29. The summed E-state index contributed by atoms with van der Waals surface area (Å²) in [6, 6.07) is 0. The zero-order valence-electron chi connectivity index (χ0n) is 13.7. The number of amides is 2. The molecule has 3 heterocycles. The number of fused-ring (bicyclic) bond motifs is 1. The molecule has 2 amide bonds. The van der Waals surface area contributed by atoms with E-state index < -0.39 is 23.5 Å². The Hall–Kier alpha value is -1.45. The summed E-state index contributed by atoms with van der Waals surface area (Å²) in [7, 11) is 0. The summed E-state index contributed by atoms with van der Waals surface area (Å²) in [5, 5.41) is 9.10. The Labute approximate surface area is 144 Å². The first-order valence-electron chi connectivity index (χ1n) is 8.26. The Balaban J connectivity index is 1.89. The fourth-order valence-electron chi connectivity index (χ4n) is 3.43. The molecule has 0 radical (unpaired) electrons. The van der Waals surface area contributed by atoms with Crippen LogP contribution in [0.5, 0.6) is 0 Å². The van der Waals surface area contributed by atoms with Gasteiger partial charge in [-0.25, -0.2) is 0 Å². The Kier molecular flexibility index (Phi) is 4.93. The van der Waals surface area contributed by atoms with E-state index in [0.717, 1.165) is 24.6 Å². The molecule has 3 N–H and O–H groups in total. The molecule has 0 bridgehead atoms. The molecule has 2 fully saturated rings. The fourth-order valence-corrected chi connectivity index (χ4v) is 4.36. The average molecular weight is 354 g/mol. The predicted octanol–water partition coefficient (Wildman–Crippen LogP) is 1.08. The molecule has 132 valence electrons. The molecule has 3 aliphatic rings. The van der Waals surface area contributed by atoms with E-state index in [2.05, 4.69) is 16.9 Å². The highest BCUT2D eigenvalue weighted by Gasteiger charge is 2.52. The first kappa shape index (κ1) is 17.4. The largest absolute Gasteiger partial charge is 0.390 e. The number of amidine groups is 1. The van der Waals surface area contributed by atoms with E-state index >= 15 is 0 Å². The minimum atomic E-state index is -0.745. The van der Waals surface area contributed by atoms with Crippen LogP contribution in [-0.2, 0) is 9.53 Å². The van der Waals surface area contributed by atoms with Crippen molar-refractivity contribution < 1.29 is 19.4 Å². The molecule has 3 aliphatic heterocycles. The monoisotopic (exact) mass is 354 g/mol. The maximum absolute atomic E-state index is 12.5. The lowest BCUT2D eigenvalue weighted by atomic mass is 9.95. The molecule has 0 aromatic rings. The normalized spacial score (nSPS) is 34.2. The zero-order valence-corrected chi connectivity index (χ0v) is 14.5. The SMILES string of the molecule is CCC[C@@H]1C[C@@H]([C@@H](O)CC)O[C@H]1N1C(=O)SC2C(=O)N=C(N)N=C21. The third kappa shape index (κ3) is 2.96. The smallest absolute Gasteiger partial charge is 0.290 e. The number of rotatable bonds is 5. The molecule has 5 atom stereocenters. The van der Waals surface area contributed by atoms with Gasteiger partial charge in [0.25, 0.3) is 11.1 Å². The van der Waals surface area contributed by atoms with E-state index in [0.29, 0.717) is 18.7 Å². The van der Waals surface area contributed by atoms with E-state index in [4.69, 9.17) is 10.5 Å². The molecule has 9 heteroatoms. The van der Waals surface area contributed by atoms with Crippen LogP contribution in [0.3, 0.4) is 0 Å². The molecule has 3 rings (SSSR count). The Morgan fingerprint density at radius 1 is 1.42 bits per heavy atom. The number of ether oxygens (including phenoxy) is 1. The topological polar surface area (TPSA) is 118 Å². The van der Waals surface area contributed by atoms with E-state index in [1.165, 1.54) is 4.90 Å². The third-order valence-electron chi connectivity index (χ3n) is 4.59. The van der Waals surface area contributed by atoms with Gasteiger partial charge >= 0.3 is 0 Å². The average Bonchev–Trinajstić information content (AvgIpc) is 3.08. The van der Waals surface area contributed by atoms with Gasteiger partial charge in [-0.2, -0.15) is 9.98 Å². The third-order valence-corrected chi connectivity index (χ3v) is 5.64. The highest BCUT2D eigenvalue weighted by molar-refractivity contribution is 8.16. The molecule has 0 spiro atoms. The summed E-state index contributed by atoms with van der Waals surface area (Å²) >= 11 is 0.892.